The minimum absolute atomic E-state index is 0.0151. The van der Waals surface area contributed by atoms with Crippen molar-refractivity contribution in [1.82, 2.24) is 29.3 Å². The number of pyridine rings is 2. The van der Waals surface area contributed by atoms with Gasteiger partial charge in [-0.15, -0.1) is 0 Å². The minimum atomic E-state index is -0.237. The van der Waals surface area contributed by atoms with Gasteiger partial charge in [-0.1, -0.05) is 0 Å². The van der Waals surface area contributed by atoms with Crippen molar-refractivity contribution < 1.29 is 0 Å². The zero-order chi connectivity index (χ0) is 18.5. The van der Waals surface area contributed by atoms with Gasteiger partial charge in [-0.3, -0.25) is 14.3 Å². The molecule has 5 rings (SSSR count). The van der Waals surface area contributed by atoms with Crippen molar-refractivity contribution in [3.05, 3.63) is 63.4 Å². The second-order valence-electron chi connectivity index (χ2n) is 6.75. The number of rotatable bonds is 3. The van der Waals surface area contributed by atoms with Gasteiger partial charge in [0.25, 0.3) is 5.56 Å². The molecule has 0 unspecified atom stereocenters. The lowest BCUT2D eigenvalue weighted by Gasteiger charge is -2.10. The van der Waals surface area contributed by atoms with Crippen LogP contribution in [-0.2, 0) is 7.05 Å². The summed E-state index contributed by atoms with van der Waals surface area (Å²) in [5, 5.41) is 4.44. The summed E-state index contributed by atoms with van der Waals surface area (Å²) in [6.07, 6.45) is 5.69. The molecule has 0 radical (unpaired) electrons. The van der Waals surface area contributed by atoms with Crippen molar-refractivity contribution in [3.8, 4) is 22.6 Å². The van der Waals surface area contributed by atoms with Crippen LogP contribution in [0, 0.1) is 0 Å². The highest BCUT2D eigenvalue weighted by atomic mass is 16.1. The van der Waals surface area contributed by atoms with Crippen molar-refractivity contribution in [3.63, 3.8) is 0 Å². The highest BCUT2D eigenvalue weighted by Gasteiger charge is 2.25. The maximum Gasteiger partial charge on any atom is 0.250 e. The van der Waals surface area contributed by atoms with Gasteiger partial charge in [-0.2, -0.15) is 5.10 Å². The lowest BCUT2D eigenvalue weighted by Crippen LogP contribution is -2.17. The van der Waals surface area contributed by atoms with Crippen molar-refractivity contribution in [2.24, 2.45) is 7.05 Å². The Bertz CT molecular complexity index is 1300. The molecule has 1 aliphatic carbocycles. The molecule has 4 aromatic heterocycles. The summed E-state index contributed by atoms with van der Waals surface area (Å²) in [5.41, 5.74) is 3.36. The number of aryl methyl sites for hydroxylation is 1. The van der Waals surface area contributed by atoms with Crippen LogP contribution in [0.2, 0.25) is 0 Å². The standard InChI is InChI=1S/C19H16N6O2/c1-24-9-8-13(23-24)18-17(20-14-5-6-15(26)21-19(14)22-18)11-2-7-16(27)25(10-11)12-3-4-12/h2,5-10,12H,3-4H2,1H3,(H,21,22,26). The number of hydrogen-bond donors (Lipinski definition) is 1. The van der Waals surface area contributed by atoms with Crippen LogP contribution < -0.4 is 11.1 Å². The number of aromatic nitrogens is 6. The van der Waals surface area contributed by atoms with E-state index < -0.39 is 0 Å². The molecule has 0 amide bonds. The number of hydrogen-bond acceptors (Lipinski definition) is 5. The van der Waals surface area contributed by atoms with Crippen molar-refractivity contribution >= 4 is 11.2 Å². The van der Waals surface area contributed by atoms with Crippen LogP contribution in [0.4, 0.5) is 0 Å². The first-order chi connectivity index (χ1) is 13.1. The number of nitrogens with one attached hydrogen (secondary N) is 1. The van der Waals surface area contributed by atoms with Gasteiger partial charge >= 0.3 is 0 Å². The fraction of sp³-hybridized carbons (Fsp3) is 0.211. The van der Waals surface area contributed by atoms with Gasteiger partial charge < -0.3 is 9.55 Å². The quantitative estimate of drug-likeness (QED) is 0.601. The van der Waals surface area contributed by atoms with Crippen molar-refractivity contribution in [1.29, 1.82) is 0 Å². The fourth-order valence-corrected chi connectivity index (χ4v) is 3.17. The molecule has 0 aliphatic heterocycles. The zero-order valence-corrected chi connectivity index (χ0v) is 14.6. The van der Waals surface area contributed by atoms with Crippen molar-refractivity contribution in [2.45, 2.75) is 18.9 Å². The van der Waals surface area contributed by atoms with E-state index in [4.69, 9.17) is 4.98 Å². The zero-order valence-electron chi connectivity index (χ0n) is 14.6. The van der Waals surface area contributed by atoms with Crippen LogP contribution in [-0.4, -0.2) is 29.3 Å². The molecule has 0 saturated heterocycles. The third-order valence-electron chi connectivity index (χ3n) is 4.67. The van der Waals surface area contributed by atoms with Crippen LogP contribution >= 0.6 is 0 Å². The third kappa shape index (κ3) is 2.75. The Balaban J connectivity index is 1.79. The van der Waals surface area contributed by atoms with E-state index in [-0.39, 0.29) is 17.2 Å². The number of aromatic amines is 1. The fourth-order valence-electron chi connectivity index (χ4n) is 3.17. The van der Waals surface area contributed by atoms with E-state index in [9.17, 15) is 9.59 Å². The van der Waals surface area contributed by atoms with Gasteiger partial charge in [0.05, 0.1) is 0 Å². The summed E-state index contributed by atoms with van der Waals surface area (Å²) >= 11 is 0. The lowest BCUT2D eigenvalue weighted by atomic mass is 10.1. The molecule has 1 N–H and O–H groups in total. The van der Waals surface area contributed by atoms with E-state index in [0.29, 0.717) is 28.2 Å². The van der Waals surface area contributed by atoms with Crippen LogP contribution in [0.15, 0.2) is 52.3 Å². The van der Waals surface area contributed by atoms with Gasteiger partial charge in [0.15, 0.2) is 5.65 Å². The molecule has 4 aromatic rings. The van der Waals surface area contributed by atoms with E-state index in [0.717, 1.165) is 18.4 Å². The van der Waals surface area contributed by atoms with E-state index in [1.165, 1.54) is 6.07 Å². The molecule has 27 heavy (non-hydrogen) atoms. The largest absolute Gasteiger partial charge is 0.312 e. The van der Waals surface area contributed by atoms with Crippen LogP contribution in [0.3, 0.4) is 0 Å². The van der Waals surface area contributed by atoms with Gasteiger partial charge in [0, 0.05) is 43.2 Å². The molecular formula is C19H16N6O2. The lowest BCUT2D eigenvalue weighted by molar-refractivity contribution is 0.708. The Morgan fingerprint density at radius 2 is 1.89 bits per heavy atom. The average Bonchev–Trinajstić information content (AvgIpc) is 3.41. The molecule has 0 atom stereocenters. The highest BCUT2D eigenvalue weighted by molar-refractivity contribution is 5.83. The second-order valence-corrected chi connectivity index (χ2v) is 6.75. The summed E-state index contributed by atoms with van der Waals surface area (Å²) in [5.74, 6) is 0. The number of fused-ring (bicyclic) bond motifs is 1. The Morgan fingerprint density at radius 3 is 2.63 bits per heavy atom. The monoisotopic (exact) mass is 360 g/mol. The molecule has 0 bridgehead atoms. The molecule has 8 nitrogen and oxygen atoms in total. The predicted molar refractivity (Wildman–Crippen MR) is 100 cm³/mol. The summed E-state index contributed by atoms with van der Waals surface area (Å²) in [4.78, 5) is 35.9. The highest BCUT2D eigenvalue weighted by Crippen LogP contribution is 2.35. The molecule has 0 spiro atoms. The first kappa shape index (κ1) is 15.7. The normalized spacial score (nSPS) is 14.0. The number of nitrogens with zero attached hydrogens (tertiary/aromatic N) is 5. The van der Waals surface area contributed by atoms with Crippen molar-refractivity contribution in [2.75, 3.05) is 0 Å². The smallest absolute Gasteiger partial charge is 0.250 e. The van der Waals surface area contributed by atoms with E-state index in [2.05, 4.69) is 15.1 Å². The van der Waals surface area contributed by atoms with E-state index >= 15 is 0 Å². The molecule has 0 aromatic carbocycles. The Hall–Kier alpha value is -3.55. The van der Waals surface area contributed by atoms with Gasteiger partial charge in [0.1, 0.15) is 22.6 Å². The molecule has 1 saturated carbocycles. The Morgan fingerprint density at radius 1 is 1.04 bits per heavy atom. The maximum atomic E-state index is 12.2. The number of H-pyrrole nitrogens is 1. The maximum absolute atomic E-state index is 12.2. The summed E-state index contributed by atoms with van der Waals surface area (Å²) in [6.45, 7) is 0. The van der Waals surface area contributed by atoms with Crippen LogP contribution in [0.5, 0.6) is 0 Å². The molecule has 4 heterocycles. The molecule has 1 aliphatic rings. The minimum Gasteiger partial charge on any atom is -0.312 e. The molecular weight excluding hydrogens is 344 g/mol. The molecule has 1 fully saturated rings. The SMILES string of the molecule is Cn1ccc(-c2nc3[nH]c(=O)ccc3nc2-c2ccc(=O)n(C3CC3)c2)n1. The van der Waals surface area contributed by atoms with Crippen LogP contribution in [0.1, 0.15) is 18.9 Å². The average molecular weight is 360 g/mol. The second kappa shape index (κ2) is 5.73. The van der Waals surface area contributed by atoms with Gasteiger partial charge in [0.2, 0.25) is 5.56 Å². The van der Waals surface area contributed by atoms with Crippen LogP contribution in [0.25, 0.3) is 33.8 Å². The Labute approximate surface area is 153 Å². The first-order valence-electron chi connectivity index (χ1n) is 8.72. The first-order valence-corrected chi connectivity index (χ1v) is 8.72. The van der Waals surface area contributed by atoms with E-state index in [1.54, 1.807) is 27.4 Å². The topological polar surface area (TPSA) is 98.5 Å². The summed E-state index contributed by atoms with van der Waals surface area (Å²) in [7, 11) is 1.83. The van der Waals surface area contributed by atoms with Gasteiger partial charge in [-0.05, 0) is 31.0 Å². The molecule has 8 heteroatoms. The Kier molecular flexibility index (Phi) is 3.33. The molecule has 134 valence electrons. The van der Waals surface area contributed by atoms with Gasteiger partial charge in [-0.25, -0.2) is 9.97 Å². The predicted octanol–water partition coefficient (Wildman–Crippen LogP) is 1.88. The third-order valence-corrected chi connectivity index (χ3v) is 4.67. The summed E-state index contributed by atoms with van der Waals surface area (Å²) in [6, 6.07) is 8.50. The van der Waals surface area contributed by atoms with E-state index in [1.807, 2.05) is 25.5 Å². The summed E-state index contributed by atoms with van der Waals surface area (Å²) < 4.78 is 3.44.